The van der Waals surface area contributed by atoms with E-state index in [4.69, 9.17) is 5.73 Å². The smallest absolute Gasteiger partial charge is 0.293 e. The van der Waals surface area contributed by atoms with E-state index in [1.807, 2.05) is 69.4 Å². The number of para-hydroxylation sites is 1. The summed E-state index contributed by atoms with van der Waals surface area (Å²) in [6.07, 6.45) is 0. The molecule has 4 aromatic rings. The van der Waals surface area contributed by atoms with E-state index in [1.165, 1.54) is 0 Å². The first-order chi connectivity index (χ1) is 16.6. The van der Waals surface area contributed by atoms with E-state index in [9.17, 15) is 9.59 Å². The van der Waals surface area contributed by atoms with Crippen molar-refractivity contribution in [2.24, 2.45) is 5.73 Å². The number of fused-ring (bicyclic) bond motifs is 1. The first kappa shape index (κ1) is 26.5. The first-order valence-corrected chi connectivity index (χ1v) is 11.9. The highest BCUT2D eigenvalue weighted by atomic mass is 32.2. The van der Waals surface area contributed by atoms with Crippen LogP contribution in [0.25, 0.3) is 11.0 Å². The van der Waals surface area contributed by atoms with E-state index < -0.39 is 5.91 Å². The third-order valence-corrected chi connectivity index (χ3v) is 5.53. The molecular weight excluding hydrogens is 448 g/mol. The van der Waals surface area contributed by atoms with Gasteiger partial charge in [0.2, 0.25) is 0 Å². The van der Waals surface area contributed by atoms with E-state index >= 15 is 0 Å². The molecule has 0 saturated heterocycles. The molecule has 1 heterocycles. The number of nitrogens with zero attached hydrogens (tertiary/aromatic N) is 1. The van der Waals surface area contributed by atoms with Crippen LogP contribution in [-0.4, -0.2) is 29.4 Å². The summed E-state index contributed by atoms with van der Waals surface area (Å²) in [5, 5.41) is 3.09. The Hall–Kier alpha value is -3.78. The molecule has 34 heavy (non-hydrogen) atoms. The molecule has 0 spiro atoms. The number of thioether (sulfide) groups is 1. The van der Waals surface area contributed by atoms with Gasteiger partial charge in [-0.05, 0) is 42.0 Å². The number of hydrogen-bond donors (Lipinski definition) is 3. The number of amides is 1. The van der Waals surface area contributed by atoms with Gasteiger partial charge in [0.15, 0.2) is 0 Å². The van der Waals surface area contributed by atoms with Gasteiger partial charge in [-0.2, -0.15) is 0 Å². The van der Waals surface area contributed by atoms with Gasteiger partial charge in [-0.3, -0.25) is 9.59 Å². The lowest BCUT2D eigenvalue weighted by Crippen LogP contribution is -2.11. The number of benzene rings is 3. The van der Waals surface area contributed by atoms with Gasteiger partial charge in [0.05, 0.1) is 16.8 Å². The molecule has 178 valence electrons. The fourth-order valence-corrected chi connectivity index (χ4v) is 3.69. The van der Waals surface area contributed by atoms with Crippen molar-refractivity contribution in [3.05, 3.63) is 89.7 Å². The average Bonchev–Trinajstić information content (AvgIpc) is 3.32. The molecule has 1 aromatic heterocycles. The van der Waals surface area contributed by atoms with Crippen molar-refractivity contribution in [3.63, 3.8) is 0 Å². The quantitative estimate of drug-likeness (QED) is 0.232. The molecule has 0 aliphatic carbocycles. The third kappa shape index (κ3) is 7.97. The standard InChI is InChI=1S/C16H16N4OS.C8H8O2.C2H6/c1-18-10-5-7-11(8-6-10)22-9-14-19-13-4-2-3-12(16(17)21)15(13)20-14;9-7-10-6-8-4-2-1-3-5-8;1-2/h2-8,18H,9H2,1H3,(H2,17,21)(H,19,20);1-5,7H,6H2;1-2H3. The van der Waals surface area contributed by atoms with E-state index in [2.05, 4.69) is 32.2 Å². The molecule has 3 aromatic carbocycles. The number of imidazole rings is 1. The van der Waals surface area contributed by atoms with Gasteiger partial charge < -0.3 is 20.8 Å². The number of aromatic amines is 1. The maximum atomic E-state index is 11.4. The van der Waals surface area contributed by atoms with Gasteiger partial charge in [-0.1, -0.05) is 50.2 Å². The summed E-state index contributed by atoms with van der Waals surface area (Å²) in [5.74, 6) is 1.07. The summed E-state index contributed by atoms with van der Waals surface area (Å²) >= 11 is 1.68. The number of ether oxygens (including phenoxy) is 1. The van der Waals surface area contributed by atoms with E-state index in [0.29, 0.717) is 29.9 Å². The van der Waals surface area contributed by atoms with Crippen molar-refractivity contribution in [1.82, 2.24) is 9.97 Å². The number of rotatable bonds is 8. The number of anilines is 1. The Morgan fingerprint density at radius 3 is 2.38 bits per heavy atom. The summed E-state index contributed by atoms with van der Waals surface area (Å²) in [5.41, 5.74) is 9.38. The van der Waals surface area contributed by atoms with Crippen LogP contribution in [0.3, 0.4) is 0 Å². The Kier molecular flexibility index (Phi) is 11.2. The Morgan fingerprint density at radius 2 is 1.76 bits per heavy atom. The van der Waals surface area contributed by atoms with Crippen molar-refractivity contribution in [2.75, 3.05) is 12.4 Å². The molecule has 0 saturated carbocycles. The average molecular weight is 479 g/mol. The van der Waals surface area contributed by atoms with Crippen molar-refractivity contribution < 1.29 is 14.3 Å². The molecule has 0 fully saturated rings. The molecule has 0 aliphatic heterocycles. The van der Waals surface area contributed by atoms with Crippen LogP contribution >= 0.6 is 11.8 Å². The summed E-state index contributed by atoms with van der Waals surface area (Å²) in [7, 11) is 1.90. The van der Waals surface area contributed by atoms with Crippen LogP contribution in [0.4, 0.5) is 5.69 Å². The maximum absolute atomic E-state index is 11.4. The zero-order valence-corrected chi connectivity index (χ0v) is 20.4. The molecule has 0 radical (unpaired) electrons. The summed E-state index contributed by atoms with van der Waals surface area (Å²) in [6, 6.07) is 23.1. The van der Waals surface area contributed by atoms with Gasteiger partial charge in [-0.15, -0.1) is 11.8 Å². The summed E-state index contributed by atoms with van der Waals surface area (Å²) in [4.78, 5) is 30.1. The third-order valence-electron chi connectivity index (χ3n) is 4.51. The molecule has 4 rings (SSSR count). The molecule has 0 atom stereocenters. The lowest BCUT2D eigenvalue weighted by Gasteiger charge is -2.02. The monoisotopic (exact) mass is 478 g/mol. The van der Waals surface area contributed by atoms with Gasteiger partial charge in [0.25, 0.3) is 12.4 Å². The minimum Gasteiger partial charge on any atom is -0.463 e. The number of carbonyl (C=O) groups excluding carboxylic acids is 2. The molecule has 7 nitrogen and oxygen atoms in total. The molecular formula is C26H30N4O3S. The highest BCUT2D eigenvalue weighted by Crippen LogP contribution is 2.25. The summed E-state index contributed by atoms with van der Waals surface area (Å²) < 4.78 is 4.54. The molecule has 0 unspecified atom stereocenters. The number of nitrogens with two attached hydrogens (primary N) is 1. The fraction of sp³-hybridized carbons (Fsp3) is 0.192. The summed E-state index contributed by atoms with van der Waals surface area (Å²) in [6.45, 7) is 4.82. The Balaban J connectivity index is 0.000000286. The molecule has 4 N–H and O–H groups in total. The minimum absolute atomic E-state index is 0.365. The predicted octanol–water partition coefficient (Wildman–Crippen LogP) is 5.38. The van der Waals surface area contributed by atoms with E-state index in [0.717, 1.165) is 27.5 Å². The SMILES string of the molecule is CC.CNc1ccc(SCc2nc3c(C(N)=O)cccc3[nH]2)cc1.O=COCc1ccccc1. The Morgan fingerprint density at radius 1 is 1.06 bits per heavy atom. The minimum atomic E-state index is -0.459. The largest absolute Gasteiger partial charge is 0.463 e. The maximum Gasteiger partial charge on any atom is 0.293 e. The van der Waals surface area contributed by atoms with Crippen molar-refractivity contribution in [3.8, 4) is 0 Å². The highest BCUT2D eigenvalue weighted by molar-refractivity contribution is 7.98. The topological polar surface area (TPSA) is 110 Å². The number of hydrogen-bond acceptors (Lipinski definition) is 6. The van der Waals surface area contributed by atoms with Crippen LogP contribution in [0.2, 0.25) is 0 Å². The second kappa shape index (κ2) is 14.4. The van der Waals surface area contributed by atoms with Crippen molar-refractivity contribution in [1.29, 1.82) is 0 Å². The highest BCUT2D eigenvalue weighted by Gasteiger charge is 2.11. The van der Waals surface area contributed by atoms with Crippen LogP contribution in [0, 0.1) is 0 Å². The van der Waals surface area contributed by atoms with E-state index in [1.54, 1.807) is 23.9 Å². The number of aromatic nitrogens is 2. The first-order valence-electron chi connectivity index (χ1n) is 10.9. The lowest BCUT2D eigenvalue weighted by atomic mass is 10.2. The fourth-order valence-electron chi connectivity index (χ4n) is 2.92. The number of primary amides is 1. The van der Waals surface area contributed by atoms with Crippen molar-refractivity contribution in [2.45, 2.75) is 31.1 Å². The van der Waals surface area contributed by atoms with Crippen LogP contribution in [0.15, 0.2) is 77.7 Å². The second-order valence-corrected chi connectivity index (χ2v) is 7.75. The molecule has 1 amide bonds. The Bertz CT molecular complexity index is 1160. The number of H-pyrrole nitrogens is 1. The molecule has 8 heteroatoms. The van der Waals surface area contributed by atoms with Crippen LogP contribution in [0.1, 0.15) is 35.6 Å². The normalized spacial score (nSPS) is 9.74. The molecule has 0 aliphatic rings. The number of nitrogens with one attached hydrogen (secondary N) is 2. The van der Waals surface area contributed by atoms with Gasteiger partial charge in [0, 0.05) is 17.6 Å². The van der Waals surface area contributed by atoms with Crippen LogP contribution in [0.5, 0.6) is 0 Å². The lowest BCUT2D eigenvalue weighted by molar-refractivity contribution is -0.129. The van der Waals surface area contributed by atoms with Crippen molar-refractivity contribution >= 4 is 40.9 Å². The van der Waals surface area contributed by atoms with Gasteiger partial charge >= 0.3 is 0 Å². The van der Waals surface area contributed by atoms with Gasteiger partial charge in [0.1, 0.15) is 17.9 Å². The van der Waals surface area contributed by atoms with Crippen LogP contribution < -0.4 is 11.1 Å². The Labute approximate surface area is 204 Å². The zero-order chi connectivity index (χ0) is 24.8. The molecule has 0 bridgehead atoms. The second-order valence-electron chi connectivity index (χ2n) is 6.71. The van der Waals surface area contributed by atoms with Crippen LogP contribution in [-0.2, 0) is 21.9 Å². The number of carbonyl (C=O) groups is 2. The zero-order valence-electron chi connectivity index (χ0n) is 19.6. The predicted molar refractivity (Wildman–Crippen MR) is 139 cm³/mol. The van der Waals surface area contributed by atoms with E-state index in [-0.39, 0.29) is 0 Å². The van der Waals surface area contributed by atoms with Gasteiger partial charge in [-0.25, -0.2) is 4.98 Å².